The second-order valence-corrected chi connectivity index (χ2v) is 9.78. The summed E-state index contributed by atoms with van der Waals surface area (Å²) in [6, 6.07) is 20.1. The number of carbonyl (C=O) groups excluding carboxylic acids is 2. The van der Waals surface area contributed by atoms with Crippen molar-refractivity contribution in [2.24, 2.45) is 0 Å². The molecule has 1 amide bonds. The van der Waals surface area contributed by atoms with Crippen LogP contribution in [0.5, 0.6) is 5.75 Å². The van der Waals surface area contributed by atoms with E-state index in [0.29, 0.717) is 17.2 Å². The molecule has 3 aromatic rings. The Bertz CT molecular complexity index is 1350. The summed E-state index contributed by atoms with van der Waals surface area (Å²) in [5, 5.41) is 11.4. The number of fused-ring (bicyclic) bond motifs is 1. The minimum Gasteiger partial charge on any atom is -0.507 e. The van der Waals surface area contributed by atoms with Gasteiger partial charge in [0.15, 0.2) is 0 Å². The maximum Gasteiger partial charge on any atom is 0.300 e. The highest BCUT2D eigenvalue weighted by molar-refractivity contribution is 6.51. The summed E-state index contributed by atoms with van der Waals surface area (Å²) in [7, 11) is 0. The number of ketones is 1. The smallest absolute Gasteiger partial charge is 0.300 e. The van der Waals surface area contributed by atoms with Gasteiger partial charge in [-0.1, -0.05) is 55.8 Å². The number of rotatable bonds is 4. The summed E-state index contributed by atoms with van der Waals surface area (Å²) in [6.45, 7) is 8.18. The van der Waals surface area contributed by atoms with E-state index in [0.717, 1.165) is 34.4 Å². The first-order valence-electron chi connectivity index (χ1n) is 12.0. The van der Waals surface area contributed by atoms with Gasteiger partial charge in [-0.2, -0.15) is 0 Å². The van der Waals surface area contributed by atoms with Crippen molar-refractivity contribution in [3.63, 3.8) is 0 Å². The van der Waals surface area contributed by atoms with Crippen LogP contribution in [-0.2, 0) is 16.0 Å². The highest BCUT2D eigenvalue weighted by Crippen LogP contribution is 2.43. The SMILES string of the molecule is Cc1cccc(C2/C(=C(/O)c3ccc4c(c3)CC(C)O4)C(=O)C(=O)N2c2ccc(C(C)C)cc2)c1. The van der Waals surface area contributed by atoms with Crippen LogP contribution in [0.1, 0.15) is 60.5 Å². The van der Waals surface area contributed by atoms with Crippen molar-refractivity contribution in [3.05, 3.63) is 100 Å². The highest BCUT2D eigenvalue weighted by atomic mass is 16.5. The van der Waals surface area contributed by atoms with Crippen molar-refractivity contribution < 1.29 is 19.4 Å². The first-order chi connectivity index (χ1) is 16.7. The number of hydrogen-bond donors (Lipinski definition) is 1. The van der Waals surface area contributed by atoms with Crippen LogP contribution in [0.2, 0.25) is 0 Å². The first kappa shape index (κ1) is 22.9. The van der Waals surface area contributed by atoms with Gasteiger partial charge in [-0.25, -0.2) is 0 Å². The molecule has 5 rings (SSSR count). The molecule has 0 aromatic heterocycles. The summed E-state index contributed by atoms with van der Waals surface area (Å²) in [5.41, 5.74) is 5.13. The van der Waals surface area contributed by atoms with Crippen molar-refractivity contribution in [2.75, 3.05) is 4.90 Å². The Morgan fingerprint density at radius 1 is 1.03 bits per heavy atom. The summed E-state index contributed by atoms with van der Waals surface area (Å²) in [5.74, 6) is -0.368. The maximum atomic E-state index is 13.4. The Hall–Kier alpha value is -3.86. The van der Waals surface area contributed by atoms with Crippen LogP contribution in [0.3, 0.4) is 0 Å². The van der Waals surface area contributed by atoms with Crippen molar-refractivity contribution in [2.45, 2.75) is 52.2 Å². The van der Waals surface area contributed by atoms with Gasteiger partial charge in [0, 0.05) is 17.7 Å². The van der Waals surface area contributed by atoms with E-state index in [1.54, 1.807) is 6.07 Å². The van der Waals surface area contributed by atoms with Gasteiger partial charge in [0.25, 0.3) is 11.7 Å². The van der Waals surface area contributed by atoms with Crippen LogP contribution in [-0.4, -0.2) is 22.9 Å². The number of ether oxygens (including phenoxy) is 1. The number of nitrogens with zero attached hydrogens (tertiary/aromatic N) is 1. The maximum absolute atomic E-state index is 13.4. The quantitative estimate of drug-likeness (QED) is 0.287. The van der Waals surface area contributed by atoms with Gasteiger partial charge >= 0.3 is 0 Å². The molecular formula is C30H29NO4. The second-order valence-electron chi connectivity index (χ2n) is 9.78. The van der Waals surface area contributed by atoms with E-state index < -0.39 is 17.7 Å². The molecule has 2 aliphatic heterocycles. The summed E-state index contributed by atoms with van der Waals surface area (Å²) in [4.78, 5) is 28.3. The lowest BCUT2D eigenvalue weighted by molar-refractivity contribution is -0.132. The molecule has 0 aliphatic carbocycles. The van der Waals surface area contributed by atoms with E-state index >= 15 is 0 Å². The highest BCUT2D eigenvalue weighted by Gasteiger charge is 2.47. The van der Waals surface area contributed by atoms with Gasteiger partial charge in [-0.3, -0.25) is 14.5 Å². The Morgan fingerprint density at radius 2 is 1.77 bits per heavy atom. The fourth-order valence-corrected chi connectivity index (χ4v) is 5.00. The number of aryl methyl sites for hydroxylation is 1. The third-order valence-corrected chi connectivity index (χ3v) is 6.81. The Kier molecular flexibility index (Phi) is 5.72. The van der Waals surface area contributed by atoms with E-state index in [2.05, 4.69) is 13.8 Å². The van der Waals surface area contributed by atoms with Crippen LogP contribution in [0, 0.1) is 6.92 Å². The van der Waals surface area contributed by atoms with Crippen LogP contribution < -0.4 is 9.64 Å². The molecule has 0 saturated carbocycles. The lowest BCUT2D eigenvalue weighted by Crippen LogP contribution is -2.29. The van der Waals surface area contributed by atoms with Gasteiger partial charge in [-0.15, -0.1) is 0 Å². The van der Waals surface area contributed by atoms with Gasteiger partial charge in [0.2, 0.25) is 0 Å². The topological polar surface area (TPSA) is 66.8 Å². The molecule has 1 fully saturated rings. The van der Waals surface area contributed by atoms with Crippen LogP contribution >= 0.6 is 0 Å². The molecule has 0 spiro atoms. The van der Waals surface area contributed by atoms with Gasteiger partial charge in [0.1, 0.15) is 17.6 Å². The first-order valence-corrected chi connectivity index (χ1v) is 12.0. The molecule has 0 radical (unpaired) electrons. The van der Waals surface area contributed by atoms with Gasteiger partial charge in [0.05, 0.1) is 11.6 Å². The predicted molar refractivity (Wildman–Crippen MR) is 137 cm³/mol. The standard InChI is InChI=1S/C30H29NO4/c1-17(2)20-8-11-24(12-9-20)31-27(21-7-5-6-18(3)14-21)26(29(33)30(31)34)28(32)22-10-13-25-23(16-22)15-19(4)35-25/h5-14,16-17,19,27,32H,15H2,1-4H3/b28-26-. The number of aliphatic hydroxyl groups excluding tert-OH is 1. The van der Waals surface area contributed by atoms with Crippen molar-refractivity contribution in [3.8, 4) is 5.75 Å². The van der Waals surface area contributed by atoms with E-state index in [1.807, 2.05) is 74.5 Å². The molecule has 2 unspecified atom stereocenters. The minimum atomic E-state index is -0.733. The lowest BCUT2D eigenvalue weighted by Gasteiger charge is -2.26. The second kappa shape index (κ2) is 8.73. The number of carbonyl (C=O) groups is 2. The molecule has 35 heavy (non-hydrogen) atoms. The summed E-state index contributed by atoms with van der Waals surface area (Å²) in [6.07, 6.45) is 0.794. The summed E-state index contributed by atoms with van der Waals surface area (Å²) >= 11 is 0. The molecule has 1 saturated heterocycles. The molecule has 178 valence electrons. The van der Waals surface area contributed by atoms with Crippen molar-refractivity contribution >= 4 is 23.1 Å². The molecule has 2 aliphatic rings. The van der Waals surface area contributed by atoms with Crippen LogP contribution in [0.25, 0.3) is 5.76 Å². The third-order valence-electron chi connectivity index (χ3n) is 6.81. The van der Waals surface area contributed by atoms with Crippen molar-refractivity contribution in [1.82, 2.24) is 0 Å². The molecule has 5 heteroatoms. The van der Waals surface area contributed by atoms with E-state index in [4.69, 9.17) is 4.74 Å². The van der Waals surface area contributed by atoms with E-state index in [1.165, 1.54) is 4.90 Å². The molecule has 5 nitrogen and oxygen atoms in total. The average molecular weight is 468 g/mol. The number of anilines is 1. The largest absolute Gasteiger partial charge is 0.507 e. The fraction of sp³-hybridized carbons (Fsp3) is 0.267. The monoisotopic (exact) mass is 467 g/mol. The molecular weight excluding hydrogens is 438 g/mol. The Morgan fingerprint density at radius 3 is 2.46 bits per heavy atom. The molecule has 2 atom stereocenters. The Balaban J connectivity index is 1.67. The molecule has 2 heterocycles. The summed E-state index contributed by atoms with van der Waals surface area (Å²) < 4.78 is 5.78. The zero-order valence-electron chi connectivity index (χ0n) is 20.4. The molecule has 3 aromatic carbocycles. The van der Waals surface area contributed by atoms with Crippen LogP contribution in [0.4, 0.5) is 5.69 Å². The average Bonchev–Trinajstić information content (AvgIpc) is 3.34. The van der Waals surface area contributed by atoms with Gasteiger partial charge < -0.3 is 9.84 Å². The molecule has 1 N–H and O–H groups in total. The van der Waals surface area contributed by atoms with Crippen LogP contribution in [0.15, 0.2) is 72.3 Å². The van der Waals surface area contributed by atoms with Crippen molar-refractivity contribution in [1.29, 1.82) is 0 Å². The predicted octanol–water partition coefficient (Wildman–Crippen LogP) is 6.07. The number of aliphatic hydroxyl groups is 1. The minimum absolute atomic E-state index is 0.0640. The lowest BCUT2D eigenvalue weighted by atomic mass is 9.93. The fourth-order valence-electron chi connectivity index (χ4n) is 5.00. The number of amides is 1. The van der Waals surface area contributed by atoms with E-state index in [-0.39, 0.29) is 17.4 Å². The zero-order valence-corrected chi connectivity index (χ0v) is 20.4. The van der Waals surface area contributed by atoms with E-state index in [9.17, 15) is 14.7 Å². The Labute approximate surface area is 205 Å². The number of Topliss-reactive ketones (excluding diaryl/α,β-unsaturated/α-hetero) is 1. The normalized spacial score (nSPS) is 20.9. The number of benzene rings is 3. The van der Waals surface area contributed by atoms with Gasteiger partial charge in [-0.05, 0) is 66.8 Å². The number of hydrogen-bond acceptors (Lipinski definition) is 4. The third kappa shape index (κ3) is 4.01. The molecule has 0 bridgehead atoms. The zero-order chi connectivity index (χ0) is 24.9.